The lowest BCUT2D eigenvalue weighted by atomic mass is 9.61. The maximum absolute atomic E-state index is 13.8. The van der Waals surface area contributed by atoms with E-state index in [1.807, 2.05) is 69.6 Å². The highest BCUT2D eigenvalue weighted by molar-refractivity contribution is 9.10. The molecule has 6 aromatic rings. The molecule has 4 spiro atoms. The molecule has 2 amide bonds. The molecular weight excluding hydrogens is 873 g/mol. The Hall–Kier alpha value is -6.48. The molecule has 15 heteroatoms. The topological polar surface area (TPSA) is 195 Å². The van der Waals surface area contributed by atoms with Crippen LogP contribution in [0.25, 0.3) is 11.1 Å². The SMILES string of the molecule is Cc1cccnc1.Cc1onc2c1CC1(CC2)Cc2ccc(-c3cccnc3)cc2C12N=C(N)N(C)C2=O.Cc1onc2c1CC1(CC2)Cc2ccc(Br)cc2C12N=C(N)N(C)C2=O. The summed E-state index contributed by atoms with van der Waals surface area (Å²) in [6.07, 6.45) is 13.4. The number of fused-ring (bicyclic) bond motifs is 8. The second-order valence-corrected chi connectivity index (χ2v) is 19.0. The van der Waals surface area contributed by atoms with Gasteiger partial charge in [0, 0.05) is 65.3 Å². The summed E-state index contributed by atoms with van der Waals surface area (Å²) >= 11 is 3.56. The van der Waals surface area contributed by atoms with Crippen LogP contribution in [0.15, 0.2) is 109 Å². The number of aryl methyl sites for hydroxylation is 5. The van der Waals surface area contributed by atoms with E-state index >= 15 is 0 Å². The van der Waals surface area contributed by atoms with E-state index in [0.717, 1.165) is 111 Å². The van der Waals surface area contributed by atoms with Gasteiger partial charge in [-0.15, -0.1) is 0 Å². The van der Waals surface area contributed by atoms with Crippen LogP contribution < -0.4 is 11.5 Å². The van der Waals surface area contributed by atoms with Crippen LogP contribution in [0.3, 0.4) is 0 Å². The minimum atomic E-state index is -1.03. The molecule has 0 fully saturated rings. The Bertz CT molecular complexity index is 2930. The summed E-state index contributed by atoms with van der Waals surface area (Å²) in [4.78, 5) is 48.2. The highest BCUT2D eigenvalue weighted by Crippen LogP contribution is 2.62. The number of aromatic nitrogens is 4. The number of hydrogen-bond acceptors (Lipinski definition) is 12. The van der Waals surface area contributed by atoms with Gasteiger partial charge in [-0.3, -0.25) is 29.4 Å². The monoisotopic (exact) mass is 920 g/mol. The Kier molecular flexibility index (Phi) is 9.78. The van der Waals surface area contributed by atoms with Gasteiger partial charge in [-0.2, -0.15) is 0 Å². The standard InChI is InChI=1S/C24H23N5O2.C19H19BrN4O2.C6H7N/c1-14-18-12-23(8-7-20(18)28-31-14)11-16-6-5-15(17-4-3-9-26-13-17)10-19(16)24(23)21(30)29(2)22(25)27-24;1-10-13-9-18(6-5-15(13)23-26-10)8-11-3-4-12(20)7-14(11)19(18)16(25)24(2)17(21)22-19;1-6-3-2-4-7-5-6/h3-6,9-10,13H,7-8,11-12H2,1-2H3,(H2,25,27);3-4,7H,5-6,8-9H2,1-2H3,(H2,21,22);2-5H,1H3. The molecule has 64 heavy (non-hydrogen) atoms. The zero-order valence-corrected chi connectivity index (χ0v) is 38.1. The first-order valence-corrected chi connectivity index (χ1v) is 22.4. The van der Waals surface area contributed by atoms with Gasteiger partial charge in [-0.05, 0) is 141 Å². The van der Waals surface area contributed by atoms with Crippen molar-refractivity contribution in [2.24, 2.45) is 32.3 Å². The fourth-order valence-electron chi connectivity index (χ4n) is 11.4. The molecule has 2 aliphatic heterocycles. The average molecular weight is 922 g/mol. The zero-order valence-electron chi connectivity index (χ0n) is 36.5. The molecule has 4 N–H and O–H groups in total. The van der Waals surface area contributed by atoms with Crippen LogP contribution in [0.5, 0.6) is 0 Å². The van der Waals surface area contributed by atoms with E-state index in [0.29, 0.717) is 6.42 Å². The summed E-state index contributed by atoms with van der Waals surface area (Å²) in [5.41, 5.74) is 21.4. The third-order valence-electron chi connectivity index (χ3n) is 14.7. The summed E-state index contributed by atoms with van der Waals surface area (Å²) < 4.78 is 11.9. The van der Waals surface area contributed by atoms with Crippen molar-refractivity contribution in [2.45, 2.75) is 83.2 Å². The largest absolute Gasteiger partial charge is 0.369 e. The number of pyridine rings is 2. The van der Waals surface area contributed by atoms with E-state index in [1.165, 1.54) is 20.9 Å². The number of nitrogens with two attached hydrogens (primary N) is 2. The Morgan fingerprint density at radius 1 is 0.641 bits per heavy atom. The first-order chi connectivity index (χ1) is 30.7. The molecule has 12 rings (SSSR count). The number of nitrogens with zero attached hydrogens (tertiary/aromatic N) is 8. The van der Waals surface area contributed by atoms with Crippen molar-refractivity contribution in [3.63, 3.8) is 0 Å². The second-order valence-electron chi connectivity index (χ2n) is 18.1. The molecule has 4 unspecified atom stereocenters. The molecule has 2 aromatic carbocycles. The number of halogens is 1. The Labute approximate surface area is 379 Å². The van der Waals surface area contributed by atoms with Gasteiger partial charge in [-0.25, -0.2) is 9.98 Å². The Morgan fingerprint density at radius 3 is 1.61 bits per heavy atom. The van der Waals surface area contributed by atoms with Crippen molar-refractivity contribution in [1.82, 2.24) is 30.1 Å². The maximum Gasteiger partial charge on any atom is 0.262 e. The van der Waals surface area contributed by atoms with Crippen LogP contribution in [0.4, 0.5) is 0 Å². The number of carbonyl (C=O) groups is 2. The van der Waals surface area contributed by atoms with Crippen LogP contribution in [0, 0.1) is 31.6 Å². The maximum atomic E-state index is 13.8. The highest BCUT2D eigenvalue weighted by Gasteiger charge is 2.68. The lowest BCUT2D eigenvalue weighted by Gasteiger charge is -2.43. The molecule has 4 aliphatic carbocycles. The lowest BCUT2D eigenvalue weighted by Crippen LogP contribution is -2.51. The molecule has 6 heterocycles. The molecule has 0 saturated heterocycles. The zero-order chi connectivity index (χ0) is 44.8. The van der Waals surface area contributed by atoms with Crippen molar-refractivity contribution in [2.75, 3.05) is 14.1 Å². The van der Waals surface area contributed by atoms with Gasteiger partial charge < -0.3 is 20.5 Å². The quantitative estimate of drug-likeness (QED) is 0.181. The molecule has 0 bridgehead atoms. The number of benzene rings is 2. The number of rotatable bonds is 1. The van der Waals surface area contributed by atoms with Crippen LogP contribution in [0.1, 0.15) is 74.7 Å². The number of carbonyl (C=O) groups excluding carboxylic acids is 2. The van der Waals surface area contributed by atoms with Crippen molar-refractivity contribution in [1.29, 1.82) is 0 Å². The van der Waals surface area contributed by atoms with E-state index in [-0.39, 0.29) is 29.1 Å². The average Bonchev–Trinajstić information content (AvgIpc) is 4.10. The second kappa shape index (κ2) is 15.1. The van der Waals surface area contributed by atoms with Crippen molar-refractivity contribution < 1.29 is 18.6 Å². The predicted molar refractivity (Wildman–Crippen MR) is 244 cm³/mol. The van der Waals surface area contributed by atoms with Crippen LogP contribution in [-0.4, -0.2) is 67.9 Å². The van der Waals surface area contributed by atoms with E-state index in [9.17, 15) is 9.59 Å². The first-order valence-electron chi connectivity index (χ1n) is 21.6. The van der Waals surface area contributed by atoms with Crippen LogP contribution >= 0.6 is 15.9 Å². The molecule has 14 nitrogen and oxygen atoms in total. The van der Waals surface area contributed by atoms with Gasteiger partial charge in [0.25, 0.3) is 11.8 Å². The summed E-state index contributed by atoms with van der Waals surface area (Å²) in [5, 5.41) is 8.44. The fraction of sp³-hybridized carbons (Fsp3) is 0.347. The van der Waals surface area contributed by atoms with Gasteiger partial charge in [0.1, 0.15) is 11.5 Å². The van der Waals surface area contributed by atoms with Crippen LogP contribution in [-0.2, 0) is 59.2 Å². The van der Waals surface area contributed by atoms with E-state index in [4.69, 9.17) is 30.5 Å². The fourth-order valence-corrected chi connectivity index (χ4v) is 11.7. The minimum Gasteiger partial charge on any atom is -0.369 e. The number of hydrogen-bond donors (Lipinski definition) is 2. The molecule has 326 valence electrons. The molecule has 6 aliphatic rings. The Balaban J connectivity index is 0.000000133. The number of amides is 2. The van der Waals surface area contributed by atoms with Crippen LogP contribution in [0.2, 0.25) is 0 Å². The third-order valence-corrected chi connectivity index (χ3v) is 15.2. The lowest BCUT2D eigenvalue weighted by molar-refractivity contribution is -0.136. The van der Waals surface area contributed by atoms with Crippen molar-refractivity contribution in [3.8, 4) is 11.1 Å². The molecular formula is C49H49BrN10O4. The summed E-state index contributed by atoms with van der Waals surface area (Å²) in [6.45, 7) is 5.91. The predicted octanol–water partition coefficient (Wildman–Crippen LogP) is 6.61. The van der Waals surface area contributed by atoms with Gasteiger partial charge in [0.15, 0.2) is 23.0 Å². The first kappa shape index (κ1) is 41.5. The van der Waals surface area contributed by atoms with Gasteiger partial charge in [0.2, 0.25) is 0 Å². The van der Waals surface area contributed by atoms with Gasteiger partial charge >= 0.3 is 0 Å². The number of aliphatic imine (C=N–C) groups is 2. The minimum absolute atomic E-state index is 0.0376. The highest BCUT2D eigenvalue weighted by atomic mass is 79.9. The molecule has 0 radical (unpaired) electrons. The number of guanidine groups is 2. The third kappa shape index (κ3) is 6.02. The summed E-state index contributed by atoms with van der Waals surface area (Å²) in [5.74, 6) is 2.13. The van der Waals surface area contributed by atoms with E-state index in [2.05, 4.69) is 60.5 Å². The molecule has 0 saturated carbocycles. The molecule has 4 atom stereocenters. The Morgan fingerprint density at radius 2 is 1.16 bits per heavy atom. The van der Waals surface area contributed by atoms with E-state index in [1.54, 1.807) is 26.5 Å². The summed E-state index contributed by atoms with van der Waals surface area (Å²) in [7, 11) is 3.42. The smallest absolute Gasteiger partial charge is 0.262 e. The number of likely N-dealkylation sites (N-methyl/N-ethyl adjacent to an activating group) is 2. The summed E-state index contributed by atoms with van der Waals surface area (Å²) in [6, 6.07) is 20.4. The van der Waals surface area contributed by atoms with Crippen molar-refractivity contribution >= 4 is 39.7 Å². The van der Waals surface area contributed by atoms with Crippen molar-refractivity contribution in [3.05, 3.63) is 152 Å². The molecule has 4 aromatic heterocycles. The van der Waals surface area contributed by atoms with Gasteiger partial charge in [-0.1, -0.05) is 56.6 Å². The van der Waals surface area contributed by atoms with Gasteiger partial charge in [0.05, 0.1) is 11.4 Å². The normalized spacial score (nSPS) is 25.7. The van der Waals surface area contributed by atoms with E-state index < -0.39 is 16.5 Å².